The quantitative estimate of drug-likeness (QED) is 0.705. The van der Waals surface area contributed by atoms with Gasteiger partial charge in [-0.2, -0.15) is 0 Å². The first-order chi connectivity index (χ1) is 14.5. The van der Waals surface area contributed by atoms with Crippen LogP contribution < -0.4 is 10.6 Å². The van der Waals surface area contributed by atoms with Crippen LogP contribution in [-0.4, -0.2) is 42.3 Å². The zero-order chi connectivity index (χ0) is 23.3. The van der Waals surface area contributed by atoms with Gasteiger partial charge < -0.3 is 15.5 Å². The number of nitrogens with one attached hydrogen (secondary N) is 2. The Hall–Kier alpha value is -3.29. The number of likely N-dealkylation sites (N-methyl/N-ethyl adjacent to an activating group) is 1. The molecule has 166 valence electrons. The van der Waals surface area contributed by atoms with Crippen LogP contribution in [0, 0.1) is 31.4 Å². The Bertz CT molecular complexity index is 972. The van der Waals surface area contributed by atoms with Gasteiger partial charge in [-0.3, -0.25) is 14.4 Å². The minimum absolute atomic E-state index is 0.251. The molecule has 0 aliphatic heterocycles. The van der Waals surface area contributed by atoms with Gasteiger partial charge in [0, 0.05) is 12.7 Å². The Balaban J connectivity index is 2.09. The average molecular weight is 431 g/mol. The second-order valence-corrected chi connectivity index (χ2v) is 7.78. The molecule has 0 aliphatic rings. The van der Waals surface area contributed by atoms with E-state index in [1.807, 2.05) is 26.0 Å². The number of nitrogens with zero attached hydrogens (tertiary/aromatic N) is 1. The highest BCUT2D eigenvalue weighted by molar-refractivity contribution is 5.99. The fraction of sp³-hybridized carbons (Fsp3) is 0.348. The van der Waals surface area contributed by atoms with E-state index in [1.54, 1.807) is 19.9 Å². The summed E-state index contributed by atoms with van der Waals surface area (Å²) in [5.74, 6) is -4.40. The predicted octanol–water partition coefficient (Wildman–Crippen LogP) is 3.43. The van der Waals surface area contributed by atoms with Crippen LogP contribution in [0.2, 0.25) is 0 Å². The third kappa shape index (κ3) is 5.87. The van der Waals surface area contributed by atoms with Crippen molar-refractivity contribution in [1.82, 2.24) is 10.2 Å². The van der Waals surface area contributed by atoms with Crippen molar-refractivity contribution in [2.75, 3.05) is 18.9 Å². The number of anilines is 1. The molecule has 0 saturated heterocycles. The molecule has 8 heteroatoms. The molecule has 6 nitrogen and oxygen atoms in total. The number of hydrogen-bond acceptors (Lipinski definition) is 3. The minimum atomic E-state index is -1.06. The molecule has 2 aromatic rings. The lowest BCUT2D eigenvalue weighted by Gasteiger charge is -2.27. The van der Waals surface area contributed by atoms with E-state index in [-0.39, 0.29) is 12.5 Å². The molecular weight excluding hydrogens is 404 g/mol. The van der Waals surface area contributed by atoms with E-state index in [9.17, 15) is 23.2 Å². The van der Waals surface area contributed by atoms with Gasteiger partial charge in [0.15, 0.2) is 0 Å². The normalized spacial score (nSPS) is 11.7. The van der Waals surface area contributed by atoms with Gasteiger partial charge in [0.1, 0.15) is 23.2 Å². The van der Waals surface area contributed by atoms with Gasteiger partial charge in [0.25, 0.3) is 5.91 Å². The average Bonchev–Trinajstić information content (AvgIpc) is 2.68. The Kier molecular flexibility index (Phi) is 7.85. The van der Waals surface area contributed by atoms with Crippen LogP contribution in [0.15, 0.2) is 36.4 Å². The number of hydrogen-bond donors (Lipinski definition) is 2. The lowest BCUT2D eigenvalue weighted by molar-refractivity contribution is -0.135. The van der Waals surface area contributed by atoms with Gasteiger partial charge >= 0.3 is 0 Å². The largest absolute Gasteiger partial charge is 0.340 e. The number of benzene rings is 2. The summed E-state index contributed by atoms with van der Waals surface area (Å²) in [7, 11) is 1.43. The second kappa shape index (κ2) is 10.1. The van der Waals surface area contributed by atoms with Gasteiger partial charge in [-0.1, -0.05) is 32.0 Å². The summed E-state index contributed by atoms with van der Waals surface area (Å²) in [6.07, 6.45) is 0. The van der Waals surface area contributed by atoms with Crippen LogP contribution in [0.1, 0.15) is 35.3 Å². The predicted molar refractivity (Wildman–Crippen MR) is 115 cm³/mol. The standard InChI is InChI=1S/C23H27F2N3O3/c1-13(2)21(27-22(30)20-16(24)9-7-10-17(20)25)23(31)28(5)12-19(29)26-18-11-6-8-14(3)15(18)4/h6-11,13,21H,12H2,1-5H3,(H,26,29)(H,27,30). The van der Waals surface area contributed by atoms with Gasteiger partial charge in [-0.15, -0.1) is 0 Å². The molecule has 2 rings (SSSR count). The first-order valence-corrected chi connectivity index (χ1v) is 9.88. The first kappa shape index (κ1) is 24.0. The van der Waals surface area contributed by atoms with E-state index in [2.05, 4.69) is 10.6 Å². The maximum Gasteiger partial charge on any atom is 0.257 e. The molecule has 0 radical (unpaired) electrons. The molecular formula is C23H27F2N3O3. The van der Waals surface area contributed by atoms with Crippen LogP contribution in [0.5, 0.6) is 0 Å². The molecule has 31 heavy (non-hydrogen) atoms. The zero-order valence-electron chi connectivity index (χ0n) is 18.3. The lowest BCUT2D eigenvalue weighted by atomic mass is 10.0. The molecule has 0 saturated carbocycles. The van der Waals surface area contributed by atoms with Crippen molar-refractivity contribution in [1.29, 1.82) is 0 Å². The fourth-order valence-electron chi connectivity index (χ4n) is 3.05. The fourth-order valence-corrected chi connectivity index (χ4v) is 3.05. The second-order valence-electron chi connectivity index (χ2n) is 7.78. The van der Waals surface area contributed by atoms with Crippen LogP contribution in [0.3, 0.4) is 0 Å². The molecule has 3 amide bonds. The summed E-state index contributed by atoms with van der Waals surface area (Å²) in [6.45, 7) is 6.93. The van der Waals surface area contributed by atoms with E-state index in [4.69, 9.17) is 0 Å². The van der Waals surface area contributed by atoms with Crippen LogP contribution in [0.4, 0.5) is 14.5 Å². The Morgan fingerprint density at radius 3 is 2.16 bits per heavy atom. The van der Waals surface area contributed by atoms with Crippen LogP contribution in [0.25, 0.3) is 0 Å². The van der Waals surface area contributed by atoms with Crippen molar-refractivity contribution >= 4 is 23.4 Å². The van der Waals surface area contributed by atoms with E-state index in [0.29, 0.717) is 5.69 Å². The summed E-state index contributed by atoms with van der Waals surface area (Å²) in [5.41, 5.74) is 1.83. The maximum atomic E-state index is 13.9. The number of rotatable bonds is 7. The molecule has 0 aliphatic carbocycles. The third-order valence-corrected chi connectivity index (χ3v) is 5.04. The molecule has 0 fully saturated rings. The van der Waals surface area contributed by atoms with Crippen molar-refractivity contribution in [3.8, 4) is 0 Å². The summed E-state index contributed by atoms with van der Waals surface area (Å²) < 4.78 is 27.8. The van der Waals surface area contributed by atoms with Crippen molar-refractivity contribution < 1.29 is 23.2 Å². The van der Waals surface area contributed by atoms with E-state index < -0.39 is 41.0 Å². The highest BCUT2D eigenvalue weighted by Crippen LogP contribution is 2.18. The summed E-state index contributed by atoms with van der Waals surface area (Å²) >= 11 is 0. The first-order valence-electron chi connectivity index (χ1n) is 9.88. The van der Waals surface area contributed by atoms with Crippen LogP contribution in [-0.2, 0) is 9.59 Å². The number of carbonyl (C=O) groups is 3. The van der Waals surface area contributed by atoms with E-state index in [0.717, 1.165) is 29.3 Å². The molecule has 0 aromatic heterocycles. The summed E-state index contributed by atoms with van der Waals surface area (Å²) in [4.78, 5) is 38.9. The molecule has 0 heterocycles. The van der Waals surface area contributed by atoms with Crippen molar-refractivity contribution in [3.05, 3.63) is 64.7 Å². The zero-order valence-corrected chi connectivity index (χ0v) is 18.3. The topological polar surface area (TPSA) is 78.5 Å². The number of halogens is 2. The van der Waals surface area contributed by atoms with Crippen molar-refractivity contribution in [2.24, 2.45) is 5.92 Å². The molecule has 2 aromatic carbocycles. The SMILES string of the molecule is Cc1cccc(NC(=O)CN(C)C(=O)C(NC(=O)c2c(F)cccc2F)C(C)C)c1C. The van der Waals surface area contributed by atoms with Gasteiger partial charge in [0.2, 0.25) is 11.8 Å². The van der Waals surface area contributed by atoms with E-state index in [1.165, 1.54) is 11.9 Å². The Morgan fingerprint density at radius 1 is 1.00 bits per heavy atom. The number of carbonyl (C=O) groups excluding carboxylic acids is 3. The minimum Gasteiger partial charge on any atom is -0.340 e. The number of aryl methyl sites for hydroxylation is 1. The lowest BCUT2D eigenvalue weighted by Crippen LogP contribution is -2.51. The molecule has 1 atom stereocenters. The van der Waals surface area contributed by atoms with Crippen molar-refractivity contribution in [3.63, 3.8) is 0 Å². The molecule has 0 bridgehead atoms. The van der Waals surface area contributed by atoms with Gasteiger partial charge in [0.05, 0.1) is 6.54 Å². The number of amides is 3. The summed E-state index contributed by atoms with van der Waals surface area (Å²) in [5, 5.41) is 5.16. The molecule has 0 spiro atoms. The maximum absolute atomic E-state index is 13.9. The van der Waals surface area contributed by atoms with Gasteiger partial charge in [-0.05, 0) is 49.1 Å². The highest BCUT2D eigenvalue weighted by atomic mass is 19.1. The summed E-state index contributed by atoms with van der Waals surface area (Å²) in [6, 6.07) is 7.53. The molecule has 2 N–H and O–H groups in total. The van der Waals surface area contributed by atoms with Gasteiger partial charge in [-0.25, -0.2) is 8.78 Å². The highest BCUT2D eigenvalue weighted by Gasteiger charge is 2.30. The third-order valence-electron chi connectivity index (χ3n) is 5.04. The Morgan fingerprint density at radius 2 is 1.58 bits per heavy atom. The molecule has 1 unspecified atom stereocenters. The van der Waals surface area contributed by atoms with Crippen LogP contribution >= 0.6 is 0 Å². The smallest absolute Gasteiger partial charge is 0.257 e. The monoisotopic (exact) mass is 431 g/mol. The Labute approximate surface area is 180 Å². The van der Waals surface area contributed by atoms with Crippen molar-refractivity contribution in [2.45, 2.75) is 33.7 Å². The van der Waals surface area contributed by atoms with E-state index >= 15 is 0 Å².